The van der Waals surface area contributed by atoms with E-state index >= 15 is 0 Å². The number of nitrogens with zero attached hydrogens (tertiary/aromatic N) is 2. The van der Waals surface area contributed by atoms with Gasteiger partial charge in [0, 0.05) is 23.5 Å². The highest BCUT2D eigenvalue weighted by Crippen LogP contribution is 2.40. The molecule has 186 valence electrons. The summed E-state index contributed by atoms with van der Waals surface area (Å²) in [5.74, 6) is 0.115. The SMILES string of the molecule is CCCCC(CC)Cn1c(=O)c2cc(=NC(C)C)c3c(O)[nH]c(=O)c4cc(OCC)c(c-2c43)c1=O. The number of pyridine rings is 2. The molecule has 0 fully saturated rings. The minimum Gasteiger partial charge on any atom is -0.494 e. The van der Waals surface area contributed by atoms with Crippen molar-refractivity contribution in [1.82, 2.24) is 9.55 Å². The molecule has 0 saturated heterocycles. The van der Waals surface area contributed by atoms with Gasteiger partial charge in [-0.1, -0.05) is 33.1 Å². The fourth-order valence-corrected chi connectivity index (χ4v) is 5.00. The molecule has 0 radical (unpaired) electrons. The highest BCUT2D eigenvalue weighted by Gasteiger charge is 2.28. The van der Waals surface area contributed by atoms with Crippen LogP contribution in [-0.2, 0) is 6.54 Å². The molecule has 2 heterocycles. The fourth-order valence-electron chi connectivity index (χ4n) is 5.00. The van der Waals surface area contributed by atoms with Gasteiger partial charge in [-0.2, -0.15) is 0 Å². The van der Waals surface area contributed by atoms with Gasteiger partial charge in [-0.05, 0) is 45.2 Å². The molecule has 0 bridgehead atoms. The predicted octanol–water partition coefficient (Wildman–Crippen LogP) is 3.81. The molecule has 2 aromatic rings. The molecular weight excluding hydrogens is 446 g/mol. The Morgan fingerprint density at radius 1 is 1.06 bits per heavy atom. The third kappa shape index (κ3) is 4.15. The number of ether oxygens (including phenoxy) is 1. The van der Waals surface area contributed by atoms with E-state index < -0.39 is 16.7 Å². The summed E-state index contributed by atoms with van der Waals surface area (Å²) >= 11 is 0. The third-order valence-corrected chi connectivity index (χ3v) is 6.68. The van der Waals surface area contributed by atoms with Crippen LogP contribution in [0.5, 0.6) is 11.6 Å². The van der Waals surface area contributed by atoms with Crippen molar-refractivity contribution in [3.05, 3.63) is 48.6 Å². The Balaban J connectivity index is 2.23. The first-order chi connectivity index (χ1) is 16.7. The van der Waals surface area contributed by atoms with Crippen LogP contribution in [0.2, 0.25) is 0 Å². The van der Waals surface area contributed by atoms with Crippen LogP contribution in [0, 0.1) is 5.92 Å². The van der Waals surface area contributed by atoms with Crippen LogP contribution in [0.4, 0.5) is 0 Å². The lowest BCUT2D eigenvalue weighted by Gasteiger charge is -2.21. The van der Waals surface area contributed by atoms with Gasteiger partial charge in [0.1, 0.15) is 5.75 Å². The lowest BCUT2D eigenvalue weighted by molar-refractivity contribution is 0.343. The number of aromatic nitrogens is 2. The van der Waals surface area contributed by atoms with Crippen LogP contribution in [0.25, 0.3) is 32.7 Å². The first-order valence-electron chi connectivity index (χ1n) is 12.5. The Kier molecular flexibility index (Phi) is 6.83. The van der Waals surface area contributed by atoms with Gasteiger partial charge in [0.15, 0.2) is 0 Å². The van der Waals surface area contributed by atoms with Gasteiger partial charge < -0.3 is 9.84 Å². The van der Waals surface area contributed by atoms with Crippen molar-refractivity contribution in [1.29, 1.82) is 0 Å². The molecule has 1 aromatic carbocycles. The average Bonchev–Trinajstić information content (AvgIpc) is 2.81. The van der Waals surface area contributed by atoms with Crippen LogP contribution in [0.1, 0.15) is 60.3 Å². The van der Waals surface area contributed by atoms with Gasteiger partial charge in [-0.25, -0.2) is 0 Å². The van der Waals surface area contributed by atoms with Crippen LogP contribution < -0.4 is 26.8 Å². The van der Waals surface area contributed by atoms with Crippen molar-refractivity contribution >= 4 is 21.5 Å². The third-order valence-electron chi connectivity index (χ3n) is 6.68. The van der Waals surface area contributed by atoms with Gasteiger partial charge in [0.2, 0.25) is 5.88 Å². The summed E-state index contributed by atoms with van der Waals surface area (Å²) in [4.78, 5) is 47.6. The molecule has 1 aromatic heterocycles. The van der Waals surface area contributed by atoms with Crippen molar-refractivity contribution < 1.29 is 9.84 Å². The number of hydrogen-bond donors (Lipinski definition) is 2. The number of benzene rings is 2. The largest absolute Gasteiger partial charge is 0.494 e. The van der Waals surface area contributed by atoms with E-state index in [4.69, 9.17) is 4.74 Å². The molecule has 0 spiro atoms. The van der Waals surface area contributed by atoms with Crippen molar-refractivity contribution in [3.8, 4) is 22.8 Å². The molecule has 1 aliphatic carbocycles. The van der Waals surface area contributed by atoms with E-state index in [2.05, 4.69) is 23.8 Å². The standard InChI is InChI=1S/C27H33N3O5/c1-6-9-10-15(7-2)13-30-26(33)17-11-18(28-14(4)5)22-20-16(24(31)29-25(22)32)12-19(35-8-3)23(21(17)20)27(30)34/h11-12,14-15H,6-10,13H2,1-5H3,(H2,29,31,32). The number of H-pyrrole nitrogens is 1. The minimum atomic E-state index is -0.525. The maximum Gasteiger partial charge on any atom is 0.265 e. The molecule has 2 N–H and O–H groups in total. The molecule has 0 saturated carbocycles. The lowest BCUT2D eigenvalue weighted by Crippen LogP contribution is -2.38. The monoisotopic (exact) mass is 479 g/mol. The van der Waals surface area contributed by atoms with Crippen molar-refractivity contribution in [2.24, 2.45) is 10.9 Å². The summed E-state index contributed by atoms with van der Waals surface area (Å²) in [7, 11) is 0. The van der Waals surface area contributed by atoms with Gasteiger partial charge in [-0.15, -0.1) is 0 Å². The lowest BCUT2D eigenvalue weighted by atomic mass is 9.90. The Bertz CT molecular complexity index is 1570. The van der Waals surface area contributed by atoms with Gasteiger partial charge in [0.05, 0.1) is 33.7 Å². The van der Waals surface area contributed by atoms with Gasteiger partial charge in [-0.3, -0.25) is 28.9 Å². The summed E-state index contributed by atoms with van der Waals surface area (Å²) in [5.41, 5.74) is -0.721. The smallest absolute Gasteiger partial charge is 0.265 e. The second kappa shape index (κ2) is 9.68. The summed E-state index contributed by atoms with van der Waals surface area (Å²) in [6.45, 7) is 10.4. The molecule has 8 heteroatoms. The first-order valence-corrected chi connectivity index (χ1v) is 12.5. The van der Waals surface area contributed by atoms with Crippen LogP contribution >= 0.6 is 0 Å². The second-order valence-electron chi connectivity index (χ2n) is 9.46. The molecule has 2 aliphatic rings. The highest BCUT2D eigenvalue weighted by molar-refractivity contribution is 6.17. The minimum absolute atomic E-state index is 0.123. The molecule has 1 aliphatic heterocycles. The molecule has 8 nitrogen and oxygen atoms in total. The molecule has 35 heavy (non-hydrogen) atoms. The molecular formula is C27H33N3O5. The Hall–Kier alpha value is -3.42. The summed E-state index contributed by atoms with van der Waals surface area (Å²) < 4.78 is 7.14. The maximum absolute atomic E-state index is 13.8. The topological polar surface area (TPSA) is 114 Å². The number of rotatable bonds is 9. The zero-order valence-corrected chi connectivity index (χ0v) is 21.0. The number of unbranched alkanes of at least 4 members (excludes halogenated alkanes) is 1. The summed E-state index contributed by atoms with van der Waals surface area (Å²) in [6, 6.07) is 3.04. The van der Waals surface area contributed by atoms with Crippen LogP contribution in [-0.4, -0.2) is 27.3 Å². The quantitative estimate of drug-likeness (QED) is 0.354. The number of aromatic amines is 1. The second-order valence-corrected chi connectivity index (χ2v) is 9.46. The molecule has 1 atom stereocenters. The van der Waals surface area contributed by atoms with Crippen molar-refractivity contribution in [3.63, 3.8) is 0 Å². The summed E-state index contributed by atoms with van der Waals surface area (Å²) in [6.07, 6.45) is 3.86. The van der Waals surface area contributed by atoms with Crippen LogP contribution in [0.3, 0.4) is 0 Å². The van der Waals surface area contributed by atoms with Crippen molar-refractivity contribution in [2.45, 2.75) is 72.9 Å². The predicted molar refractivity (Wildman–Crippen MR) is 138 cm³/mol. The zero-order valence-electron chi connectivity index (χ0n) is 21.0. The molecule has 0 amide bonds. The van der Waals surface area contributed by atoms with E-state index in [-0.39, 0.29) is 41.0 Å². The summed E-state index contributed by atoms with van der Waals surface area (Å²) in [5, 5.41) is 12.3. The highest BCUT2D eigenvalue weighted by atomic mass is 16.5. The first kappa shape index (κ1) is 24.7. The van der Waals surface area contributed by atoms with E-state index in [9.17, 15) is 19.5 Å². The van der Waals surface area contributed by atoms with Gasteiger partial charge >= 0.3 is 0 Å². The van der Waals surface area contributed by atoms with E-state index in [1.54, 1.807) is 13.0 Å². The van der Waals surface area contributed by atoms with E-state index in [0.29, 0.717) is 33.8 Å². The van der Waals surface area contributed by atoms with Crippen LogP contribution in [0.15, 0.2) is 31.5 Å². The molecule has 1 unspecified atom stereocenters. The normalized spacial score (nSPS) is 13.6. The van der Waals surface area contributed by atoms with Crippen molar-refractivity contribution in [2.75, 3.05) is 6.61 Å². The van der Waals surface area contributed by atoms with E-state index in [0.717, 1.165) is 25.7 Å². The van der Waals surface area contributed by atoms with E-state index in [1.165, 1.54) is 10.6 Å². The Labute approximate surface area is 202 Å². The van der Waals surface area contributed by atoms with Gasteiger partial charge in [0.25, 0.3) is 16.7 Å². The molecule has 4 rings (SSSR count). The Morgan fingerprint density at radius 2 is 1.80 bits per heavy atom. The zero-order chi connectivity index (χ0) is 25.4. The number of nitrogens with one attached hydrogen (secondary N) is 1. The maximum atomic E-state index is 13.8. The van der Waals surface area contributed by atoms with E-state index in [1.807, 2.05) is 13.8 Å². The fraction of sp³-hybridized carbons (Fsp3) is 0.481. The number of aromatic hydroxyl groups is 1. The Morgan fingerprint density at radius 3 is 2.43 bits per heavy atom. The number of hydrogen-bond acceptors (Lipinski definition) is 6. The average molecular weight is 480 g/mol.